The Morgan fingerprint density at radius 2 is 1.50 bits per heavy atom. The third-order valence-corrected chi connectivity index (χ3v) is 3.73. The smallest absolute Gasteiger partial charge is 0.344 e. The van der Waals surface area contributed by atoms with Crippen molar-refractivity contribution in [2.45, 2.75) is 26.9 Å². The van der Waals surface area contributed by atoms with Crippen molar-refractivity contribution in [3.05, 3.63) is 54.1 Å². The third-order valence-electron chi connectivity index (χ3n) is 3.73. The number of ketones is 1. The standard InChI is InChI=1S/C21H23NO6/c1-4-26-18-9-11-19(12-10-18)27-13-20(24)28-15(3)21(25)22-17-7-5-16(6-8-17)14(2)23/h5-12,15H,4,13H2,1-3H3,(H,22,25)/t15-/m1/s1. The summed E-state index contributed by atoms with van der Waals surface area (Å²) < 4.78 is 15.7. The van der Waals surface area contributed by atoms with Crippen LogP contribution in [0.2, 0.25) is 0 Å². The van der Waals surface area contributed by atoms with E-state index >= 15 is 0 Å². The van der Waals surface area contributed by atoms with E-state index in [-0.39, 0.29) is 12.4 Å². The number of benzene rings is 2. The summed E-state index contributed by atoms with van der Waals surface area (Å²) in [4.78, 5) is 35.3. The van der Waals surface area contributed by atoms with Gasteiger partial charge < -0.3 is 19.5 Å². The van der Waals surface area contributed by atoms with E-state index in [0.29, 0.717) is 29.4 Å². The lowest BCUT2D eigenvalue weighted by Crippen LogP contribution is -2.31. The number of Topliss-reactive ketones (excluding diaryl/α,β-unsaturated/α-hetero) is 1. The zero-order valence-electron chi connectivity index (χ0n) is 16.1. The van der Waals surface area contributed by atoms with Crippen molar-refractivity contribution in [1.29, 1.82) is 0 Å². The highest BCUT2D eigenvalue weighted by atomic mass is 16.6. The molecule has 0 bridgehead atoms. The summed E-state index contributed by atoms with van der Waals surface area (Å²) in [6.07, 6.45) is -0.996. The molecule has 7 heteroatoms. The van der Waals surface area contributed by atoms with E-state index < -0.39 is 18.0 Å². The van der Waals surface area contributed by atoms with Crippen LogP contribution in [0.15, 0.2) is 48.5 Å². The Hall–Kier alpha value is -3.35. The number of hydrogen-bond acceptors (Lipinski definition) is 6. The first-order valence-corrected chi connectivity index (χ1v) is 8.86. The highest BCUT2D eigenvalue weighted by Crippen LogP contribution is 2.17. The molecule has 0 heterocycles. The predicted octanol–water partition coefficient (Wildman–Crippen LogP) is 3.24. The molecule has 1 atom stereocenters. The molecule has 7 nitrogen and oxygen atoms in total. The summed E-state index contributed by atoms with van der Waals surface area (Å²) in [5.74, 6) is -0.0108. The van der Waals surface area contributed by atoms with Crippen LogP contribution < -0.4 is 14.8 Å². The molecule has 2 aromatic carbocycles. The summed E-state index contributed by atoms with van der Waals surface area (Å²) in [6.45, 7) is 5.06. The molecular formula is C21H23NO6. The van der Waals surface area contributed by atoms with Gasteiger partial charge >= 0.3 is 5.97 Å². The van der Waals surface area contributed by atoms with E-state index in [2.05, 4.69) is 5.32 Å². The van der Waals surface area contributed by atoms with Crippen molar-refractivity contribution in [2.24, 2.45) is 0 Å². The minimum absolute atomic E-state index is 0.0623. The molecule has 0 radical (unpaired) electrons. The van der Waals surface area contributed by atoms with E-state index in [9.17, 15) is 14.4 Å². The van der Waals surface area contributed by atoms with Gasteiger partial charge in [-0.15, -0.1) is 0 Å². The van der Waals surface area contributed by atoms with E-state index in [0.717, 1.165) is 0 Å². The van der Waals surface area contributed by atoms with Gasteiger partial charge in [0.15, 0.2) is 18.5 Å². The summed E-state index contributed by atoms with van der Waals surface area (Å²) in [5, 5.41) is 2.62. The van der Waals surface area contributed by atoms with Crippen molar-refractivity contribution in [1.82, 2.24) is 0 Å². The maximum absolute atomic E-state index is 12.1. The fraction of sp³-hybridized carbons (Fsp3) is 0.286. The molecule has 1 amide bonds. The molecule has 0 saturated heterocycles. The fourth-order valence-corrected chi connectivity index (χ4v) is 2.26. The molecule has 0 aliphatic carbocycles. The largest absolute Gasteiger partial charge is 0.494 e. The maximum atomic E-state index is 12.1. The fourth-order valence-electron chi connectivity index (χ4n) is 2.26. The van der Waals surface area contributed by atoms with Crippen molar-refractivity contribution in [3.63, 3.8) is 0 Å². The SMILES string of the molecule is CCOc1ccc(OCC(=O)O[C@H](C)C(=O)Nc2ccc(C(C)=O)cc2)cc1. The van der Waals surface area contributed by atoms with Crippen LogP contribution in [0.4, 0.5) is 5.69 Å². The Morgan fingerprint density at radius 3 is 2.04 bits per heavy atom. The van der Waals surface area contributed by atoms with Crippen LogP contribution in [0.25, 0.3) is 0 Å². The number of hydrogen-bond donors (Lipinski definition) is 1. The minimum atomic E-state index is -0.996. The molecule has 0 aromatic heterocycles. The zero-order chi connectivity index (χ0) is 20.5. The number of ether oxygens (including phenoxy) is 3. The van der Waals surface area contributed by atoms with Crippen molar-refractivity contribution in [3.8, 4) is 11.5 Å². The van der Waals surface area contributed by atoms with Crippen molar-refractivity contribution < 1.29 is 28.6 Å². The summed E-state index contributed by atoms with van der Waals surface area (Å²) >= 11 is 0. The van der Waals surface area contributed by atoms with Crippen LogP contribution in [-0.2, 0) is 14.3 Å². The van der Waals surface area contributed by atoms with Crippen molar-refractivity contribution in [2.75, 3.05) is 18.5 Å². The highest BCUT2D eigenvalue weighted by molar-refractivity contribution is 5.97. The summed E-state index contributed by atoms with van der Waals surface area (Å²) in [7, 11) is 0. The lowest BCUT2D eigenvalue weighted by Gasteiger charge is -2.14. The first-order chi connectivity index (χ1) is 13.4. The molecular weight excluding hydrogens is 362 g/mol. The molecule has 28 heavy (non-hydrogen) atoms. The number of amides is 1. The molecule has 148 valence electrons. The minimum Gasteiger partial charge on any atom is -0.494 e. The average molecular weight is 385 g/mol. The monoisotopic (exact) mass is 385 g/mol. The molecule has 0 aliphatic rings. The van der Waals surface area contributed by atoms with Gasteiger partial charge in [0.2, 0.25) is 0 Å². The molecule has 0 spiro atoms. The van der Waals surface area contributed by atoms with Gasteiger partial charge in [-0.25, -0.2) is 4.79 Å². The van der Waals surface area contributed by atoms with Crippen LogP contribution in [0.3, 0.4) is 0 Å². The van der Waals surface area contributed by atoms with Gasteiger partial charge in [0.05, 0.1) is 6.61 Å². The first kappa shape index (κ1) is 21.0. The van der Waals surface area contributed by atoms with Crippen LogP contribution >= 0.6 is 0 Å². The highest BCUT2D eigenvalue weighted by Gasteiger charge is 2.18. The first-order valence-electron chi connectivity index (χ1n) is 8.86. The van der Waals surface area contributed by atoms with E-state index in [1.807, 2.05) is 6.92 Å². The quantitative estimate of drug-likeness (QED) is 0.526. The molecule has 1 N–H and O–H groups in total. The van der Waals surface area contributed by atoms with Gasteiger partial charge in [0.1, 0.15) is 11.5 Å². The Labute approximate surface area is 163 Å². The van der Waals surface area contributed by atoms with Gasteiger partial charge in [-0.1, -0.05) is 0 Å². The second-order valence-corrected chi connectivity index (χ2v) is 5.95. The summed E-state index contributed by atoms with van der Waals surface area (Å²) in [5.41, 5.74) is 1.05. The molecule has 0 unspecified atom stereocenters. The second-order valence-electron chi connectivity index (χ2n) is 5.95. The Kier molecular flexibility index (Phi) is 7.56. The van der Waals surface area contributed by atoms with Crippen molar-refractivity contribution >= 4 is 23.3 Å². The molecule has 2 rings (SSSR count). The Morgan fingerprint density at radius 1 is 0.929 bits per heavy atom. The normalized spacial score (nSPS) is 11.2. The van der Waals surface area contributed by atoms with Gasteiger partial charge in [-0.3, -0.25) is 9.59 Å². The van der Waals surface area contributed by atoms with E-state index in [4.69, 9.17) is 14.2 Å². The predicted molar refractivity (Wildman–Crippen MR) is 104 cm³/mol. The number of anilines is 1. The lowest BCUT2D eigenvalue weighted by molar-refractivity contribution is -0.155. The average Bonchev–Trinajstić information content (AvgIpc) is 2.68. The van der Waals surface area contributed by atoms with E-state index in [1.165, 1.54) is 13.8 Å². The molecule has 0 fully saturated rings. The van der Waals surface area contributed by atoms with Gasteiger partial charge in [-0.05, 0) is 69.3 Å². The molecule has 0 aliphatic heterocycles. The van der Waals surface area contributed by atoms with Crippen LogP contribution in [0.5, 0.6) is 11.5 Å². The van der Waals surface area contributed by atoms with Gasteiger partial charge in [0, 0.05) is 11.3 Å². The lowest BCUT2D eigenvalue weighted by atomic mass is 10.1. The van der Waals surface area contributed by atoms with Crippen LogP contribution in [0.1, 0.15) is 31.1 Å². The number of esters is 1. The molecule has 0 saturated carbocycles. The third kappa shape index (κ3) is 6.42. The van der Waals surface area contributed by atoms with Crippen LogP contribution in [0, 0.1) is 0 Å². The van der Waals surface area contributed by atoms with E-state index in [1.54, 1.807) is 48.5 Å². The number of carbonyl (C=O) groups excluding carboxylic acids is 3. The number of carbonyl (C=O) groups is 3. The Bertz CT molecular complexity index is 814. The van der Waals surface area contributed by atoms with Gasteiger partial charge in [-0.2, -0.15) is 0 Å². The number of rotatable bonds is 9. The Balaban J connectivity index is 1.79. The second kappa shape index (κ2) is 10.1. The molecule has 2 aromatic rings. The summed E-state index contributed by atoms with van der Waals surface area (Å²) in [6, 6.07) is 13.3. The van der Waals surface area contributed by atoms with Gasteiger partial charge in [0.25, 0.3) is 5.91 Å². The topological polar surface area (TPSA) is 90.9 Å². The number of nitrogens with one attached hydrogen (secondary N) is 1. The maximum Gasteiger partial charge on any atom is 0.344 e. The zero-order valence-corrected chi connectivity index (χ0v) is 16.1. The van der Waals surface area contributed by atoms with Crippen LogP contribution in [-0.4, -0.2) is 37.0 Å².